The highest BCUT2D eigenvalue weighted by Crippen LogP contribution is 2.12. The number of benzene rings is 4. The molecule has 3 atom stereocenters. The lowest BCUT2D eigenvalue weighted by molar-refractivity contribution is -0.151. The minimum Gasteiger partial charge on any atom is -0.481 e. The SMILES string of the molecule is O=C(O)CCC(=O)NC(CCC(=O)NC(CCC(=O)OCc1ccccc1)C(=O)OCc1ccccc1)C(=O)NC(CCC(=O)OCc1ccccc1)C(=O)OCc1ccccc1. The standard InChI is InChI=1S/C47H51N3O13/c51-40(49-38(46(58)62-31-35-17-9-3-10-18-35)22-27-43(55)60-29-33-13-5-1-6-14-33)24-21-37(48-41(52)25-26-42(53)54)45(57)50-39(47(59)63-32-36-19-11-4-12-20-36)23-28-44(56)61-30-34-15-7-2-8-16-34/h1-20,37-39H,21-32H2,(H,48,52)(H,49,51)(H,50,57)(H,53,54). The number of aliphatic carboxylic acids is 1. The molecule has 63 heavy (non-hydrogen) atoms. The quantitative estimate of drug-likeness (QED) is 0.0500. The fourth-order valence-electron chi connectivity index (χ4n) is 5.87. The fourth-order valence-corrected chi connectivity index (χ4v) is 5.87. The first-order chi connectivity index (χ1) is 30.4. The molecule has 3 unspecified atom stereocenters. The smallest absolute Gasteiger partial charge is 0.328 e. The molecule has 3 amide bonds. The van der Waals surface area contributed by atoms with Crippen LogP contribution in [-0.4, -0.2) is 70.8 Å². The van der Waals surface area contributed by atoms with Gasteiger partial charge in [0, 0.05) is 25.7 Å². The minimum absolute atomic E-state index is 0.000734. The number of carbonyl (C=O) groups excluding carboxylic acids is 7. The van der Waals surface area contributed by atoms with Gasteiger partial charge in [-0.2, -0.15) is 0 Å². The normalized spacial score (nSPS) is 12.0. The number of rotatable bonds is 26. The van der Waals surface area contributed by atoms with Gasteiger partial charge in [0.05, 0.1) is 6.42 Å². The molecule has 4 aromatic rings. The highest BCUT2D eigenvalue weighted by atomic mass is 16.5. The van der Waals surface area contributed by atoms with E-state index in [4.69, 9.17) is 24.1 Å². The Labute approximate surface area is 364 Å². The topological polar surface area (TPSA) is 230 Å². The number of hydrogen-bond donors (Lipinski definition) is 4. The Bertz CT molecular complexity index is 2100. The van der Waals surface area contributed by atoms with Crippen LogP contribution in [0.5, 0.6) is 0 Å². The second kappa shape index (κ2) is 26.8. The molecule has 0 saturated carbocycles. The van der Waals surface area contributed by atoms with E-state index in [0.29, 0.717) is 11.1 Å². The molecular formula is C47H51N3O13. The van der Waals surface area contributed by atoms with Gasteiger partial charge in [-0.15, -0.1) is 0 Å². The van der Waals surface area contributed by atoms with Crippen LogP contribution in [0.1, 0.15) is 73.6 Å². The molecule has 0 spiro atoms. The van der Waals surface area contributed by atoms with Gasteiger partial charge in [0.2, 0.25) is 17.7 Å². The van der Waals surface area contributed by atoms with Gasteiger partial charge in [0.25, 0.3) is 0 Å². The van der Waals surface area contributed by atoms with Gasteiger partial charge < -0.3 is 40.0 Å². The highest BCUT2D eigenvalue weighted by Gasteiger charge is 2.30. The Morgan fingerprint density at radius 3 is 1.13 bits per heavy atom. The predicted octanol–water partition coefficient (Wildman–Crippen LogP) is 4.62. The number of amides is 3. The van der Waals surface area contributed by atoms with E-state index in [1.165, 1.54) is 0 Å². The lowest BCUT2D eigenvalue weighted by Crippen LogP contribution is -2.52. The van der Waals surface area contributed by atoms with Crippen molar-refractivity contribution >= 4 is 47.6 Å². The second-order valence-electron chi connectivity index (χ2n) is 14.3. The molecule has 4 N–H and O–H groups in total. The van der Waals surface area contributed by atoms with E-state index in [0.717, 1.165) is 11.1 Å². The Morgan fingerprint density at radius 1 is 0.397 bits per heavy atom. The van der Waals surface area contributed by atoms with Crippen molar-refractivity contribution in [2.75, 3.05) is 0 Å². The van der Waals surface area contributed by atoms with Gasteiger partial charge in [-0.25, -0.2) is 9.59 Å². The van der Waals surface area contributed by atoms with Crippen LogP contribution < -0.4 is 16.0 Å². The number of esters is 4. The molecule has 0 heterocycles. The Balaban J connectivity index is 1.44. The van der Waals surface area contributed by atoms with Crippen LogP contribution in [-0.2, 0) is 83.7 Å². The molecule has 4 aromatic carbocycles. The van der Waals surface area contributed by atoms with Crippen molar-refractivity contribution in [2.24, 2.45) is 0 Å². The summed E-state index contributed by atoms with van der Waals surface area (Å²) in [5.41, 5.74) is 2.82. The van der Waals surface area contributed by atoms with E-state index < -0.39 is 85.0 Å². The van der Waals surface area contributed by atoms with Crippen molar-refractivity contribution in [1.82, 2.24) is 16.0 Å². The molecular weight excluding hydrogens is 815 g/mol. The number of nitrogens with one attached hydrogen (secondary N) is 3. The first-order valence-electron chi connectivity index (χ1n) is 20.4. The first-order valence-corrected chi connectivity index (χ1v) is 20.4. The minimum atomic E-state index is -1.50. The summed E-state index contributed by atoms with van der Waals surface area (Å²) in [5, 5.41) is 16.6. The number of carboxylic acids is 1. The molecule has 0 aliphatic heterocycles. The Kier molecular flexibility index (Phi) is 20.5. The summed E-state index contributed by atoms with van der Waals surface area (Å²) in [6.45, 7) is -0.291. The molecule has 0 aromatic heterocycles. The third-order valence-corrected chi connectivity index (χ3v) is 9.31. The summed E-state index contributed by atoms with van der Waals surface area (Å²) in [6.07, 6.45) is -2.92. The van der Waals surface area contributed by atoms with Crippen LogP contribution in [0.4, 0.5) is 0 Å². The van der Waals surface area contributed by atoms with Crippen LogP contribution in [0.2, 0.25) is 0 Å². The number of hydrogen-bond acceptors (Lipinski definition) is 12. The van der Waals surface area contributed by atoms with Crippen molar-refractivity contribution in [3.8, 4) is 0 Å². The predicted molar refractivity (Wildman–Crippen MR) is 225 cm³/mol. The van der Waals surface area contributed by atoms with E-state index in [9.17, 15) is 38.4 Å². The van der Waals surface area contributed by atoms with E-state index in [1.54, 1.807) is 109 Å². The van der Waals surface area contributed by atoms with Crippen molar-refractivity contribution in [3.63, 3.8) is 0 Å². The van der Waals surface area contributed by atoms with Crippen molar-refractivity contribution in [2.45, 2.75) is 95.9 Å². The summed E-state index contributed by atoms with van der Waals surface area (Å²) >= 11 is 0. The molecule has 0 saturated heterocycles. The monoisotopic (exact) mass is 865 g/mol. The molecule has 0 fully saturated rings. The molecule has 0 aliphatic rings. The van der Waals surface area contributed by atoms with Gasteiger partial charge >= 0.3 is 29.8 Å². The van der Waals surface area contributed by atoms with E-state index >= 15 is 0 Å². The van der Waals surface area contributed by atoms with Crippen molar-refractivity contribution in [1.29, 1.82) is 0 Å². The molecule has 4 rings (SSSR count). The summed E-state index contributed by atoms with van der Waals surface area (Å²) in [7, 11) is 0. The van der Waals surface area contributed by atoms with Crippen LogP contribution >= 0.6 is 0 Å². The number of ether oxygens (including phenoxy) is 4. The van der Waals surface area contributed by atoms with Crippen molar-refractivity contribution in [3.05, 3.63) is 144 Å². The lowest BCUT2D eigenvalue weighted by atomic mass is 10.1. The fraction of sp³-hybridized carbons (Fsp3) is 0.319. The average Bonchev–Trinajstić information content (AvgIpc) is 3.30. The summed E-state index contributed by atoms with van der Waals surface area (Å²) < 4.78 is 21.6. The van der Waals surface area contributed by atoms with Crippen LogP contribution in [0, 0.1) is 0 Å². The Morgan fingerprint density at radius 2 is 0.730 bits per heavy atom. The van der Waals surface area contributed by atoms with E-state index in [-0.39, 0.29) is 58.5 Å². The molecule has 16 nitrogen and oxygen atoms in total. The van der Waals surface area contributed by atoms with Crippen LogP contribution in [0.25, 0.3) is 0 Å². The summed E-state index contributed by atoms with van der Waals surface area (Å²) in [6, 6.07) is 31.2. The van der Waals surface area contributed by atoms with Gasteiger partial charge in [-0.1, -0.05) is 121 Å². The molecule has 16 heteroatoms. The van der Waals surface area contributed by atoms with Gasteiger partial charge in [-0.05, 0) is 41.5 Å². The maximum atomic E-state index is 13.8. The first kappa shape index (κ1) is 48.3. The third-order valence-electron chi connectivity index (χ3n) is 9.31. The average molecular weight is 866 g/mol. The maximum absolute atomic E-state index is 13.8. The zero-order chi connectivity index (χ0) is 45.2. The van der Waals surface area contributed by atoms with Gasteiger partial charge in [0.15, 0.2) is 0 Å². The molecule has 332 valence electrons. The molecule has 0 aliphatic carbocycles. The maximum Gasteiger partial charge on any atom is 0.328 e. The zero-order valence-electron chi connectivity index (χ0n) is 34.6. The van der Waals surface area contributed by atoms with E-state index in [1.807, 2.05) is 12.1 Å². The highest BCUT2D eigenvalue weighted by molar-refractivity contribution is 5.92. The van der Waals surface area contributed by atoms with Gasteiger partial charge in [0.1, 0.15) is 44.6 Å². The zero-order valence-corrected chi connectivity index (χ0v) is 34.6. The van der Waals surface area contributed by atoms with Crippen LogP contribution in [0.15, 0.2) is 121 Å². The summed E-state index contributed by atoms with van der Waals surface area (Å²) in [5.74, 6) is -6.81. The lowest BCUT2D eigenvalue weighted by Gasteiger charge is -2.23. The number of carbonyl (C=O) groups is 8. The second-order valence-corrected chi connectivity index (χ2v) is 14.3. The number of carboxylic acid groups (broad SMARTS) is 1. The molecule has 0 radical (unpaired) electrons. The summed E-state index contributed by atoms with van der Waals surface area (Å²) in [4.78, 5) is 103. The van der Waals surface area contributed by atoms with Gasteiger partial charge in [-0.3, -0.25) is 28.8 Å². The molecule has 0 bridgehead atoms. The largest absolute Gasteiger partial charge is 0.481 e. The third kappa shape index (κ3) is 19.3. The Hall–Kier alpha value is -7.36. The van der Waals surface area contributed by atoms with Crippen LogP contribution in [0.3, 0.4) is 0 Å². The van der Waals surface area contributed by atoms with E-state index in [2.05, 4.69) is 16.0 Å². The van der Waals surface area contributed by atoms with Crippen molar-refractivity contribution < 1.29 is 62.4 Å².